The number of fused-ring (bicyclic) bond motifs is 2. The van der Waals surface area contributed by atoms with Gasteiger partial charge in [-0.25, -0.2) is 4.79 Å². The smallest absolute Gasteiger partial charge is 0.478 e. The van der Waals surface area contributed by atoms with E-state index in [4.69, 9.17) is 14.4 Å². The summed E-state index contributed by atoms with van der Waals surface area (Å²) < 4.78 is 10.2. The van der Waals surface area contributed by atoms with Crippen molar-refractivity contribution in [3.05, 3.63) is 70.8 Å². The van der Waals surface area contributed by atoms with Crippen LogP contribution in [-0.2, 0) is 27.3 Å². The summed E-state index contributed by atoms with van der Waals surface area (Å²) in [5, 5.41) is 33.9. The lowest BCUT2D eigenvalue weighted by atomic mass is 9.78. The summed E-state index contributed by atoms with van der Waals surface area (Å²) in [6, 6.07) is 8.75. The number of benzene rings is 2. The molecule has 0 bridgehead atoms. The number of amides is 2. The van der Waals surface area contributed by atoms with Crippen LogP contribution in [0.5, 0.6) is 0 Å². The van der Waals surface area contributed by atoms with Gasteiger partial charge in [0.2, 0.25) is 0 Å². The molecule has 2 aliphatic rings. The van der Waals surface area contributed by atoms with Crippen molar-refractivity contribution in [1.82, 2.24) is 10.6 Å². The van der Waals surface area contributed by atoms with Crippen molar-refractivity contribution in [3.63, 3.8) is 0 Å². The van der Waals surface area contributed by atoms with Crippen LogP contribution >= 0.6 is 0 Å². The van der Waals surface area contributed by atoms with E-state index in [1.165, 1.54) is 18.2 Å². The van der Waals surface area contributed by atoms with Gasteiger partial charge in [0.25, 0.3) is 11.8 Å². The largest absolute Gasteiger partial charge is 0.491 e. The Morgan fingerprint density at radius 3 is 2.03 bits per heavy atom. The zero-order chi connectivity index (χ0) is 23.5. The van der Waals surface area contributed by atoms with Crippen LogP contribution in [-0.4, -0.2) is 59.8 Å². The molecule has 10 nitrogen and oxygen atoms in total. The van der Waals surface area contributed by atoms with Crippen molar-refractivity contribution >= 4 is 42.9 Å². The fraction of sp³-hybridized carbons (Fsp3) is 0.190. The molecule has 33 heavy (non-hydrogen) atoms. The fourth-order valence-electron chi connectivity index (χ4n) is 3.63. The van der Waals surface area contributed by atoms with E-state index < -0.39 is 38.1 Å². The van der Waals surface area contributed by atoms with Crippen LogP contribution < -0.4 is 21.6 Å². The quantitative estimate of drug-likeness (QED) is 0.247. The van der Waals surface area contributed by atoms with Gasteiger partial charge in [0.1, 0.15) is 0 Å². The maximum absolute atomic E-state index is 12.7. The number of carbonyl (C=O) groups excluding carboxylic acids is 2. The Morgan fingerprint density at radius 2 is 1.48 bits per heavy atom. The minimum atomic E-state index is -1.20. The van der Waals surface area contributed by atoms with Crippen LogP contribution in [0.15, 0.2) is 48.6 Å². The average Bonchev–Trinajstić information content (AvgIpc) is 3.37. The van der Waals surface area contributed by atoms with Gasteiger partial charge in [0.05, 0.1) is 19.3 Å². The second-order valence-corrected chi connectivity index (χ2v) is 7.64. The molecule has 0 aromatic heterocycles. The molecule has 0 unspecified atom stereocenters. The Morgan fingerprint density at radius 1 is 0.939 bits per heavy atom. The highest BCUT2D eigenvalue weighted by atomic mass is 16.5. The Bertz CT molecular complexity index is 1140. The van der Waals surface area contributed by atoms with Gasteiger partial charge < -0.3 is 35.1 Å². The molecule has 2 aromatic rings. The topological polar surface area (TPSA) is 154 Å². The minimum Gasteiger partial charge on any atom is -0.478 e. The van der Waals surface area contributed by atoms with Crippen LogP contribution in [0.25, 0.3) is 0 Å². The van der Waals surface area contributed by atoms with Gasteiger partial charge in [-0.15, -0.1) is 0 Å². The first-order valence-electron chi connectivity index (χ1n) is 10.2. The van der Waals surface area contributed by atoms with E-state index in [0.717, 1.165) is 17.2 Å². The van der Waals surface area contributed by atoms with Crippen molar-refractivity contribution in [2.45, 2.75) is 19.3 Å². The summed E-state index contributed by atoms with van der Waals surface area (Å²) >= 11 is 0. The molecule has 2 aliphatic heterocycles. The second-order valence-electron chi connectivity index (χ2n) is 7.64. The number of rotatable bonds is 7. The molecular weight excluding hydrogens is 430 g/mol. The predicted octanol–water partition coefficient (Wildman–Crippen LogP) is -1.71. The van der Waals surface area contributed by atoms with Crippen LogP contribution in [0.2, 0.25) is 0 Å². The van der Waals surface area contributed by atoms with E-state index in [1.54, 1.807) is 24.3 Å². The number of hydrogen-bond donors (Lipinski definition) is 5. The molecule has 0 saturated heterocycles. The van der Waals surface area contributed by atoms with Crippen LogP contribution in [0.4, 0.5) is 0 Å². The standard InChI is InChI=1S/C21H20B2N2O8/c26-19(27)6-5-16(25-21(29)13-2-4-15-11-33-23(31)18(15)8-13)9-24-20(28)12-1-3-14-10-32-22(30)17(14)7-12/h1-8,16,30-31H,9-11H2,(H,24,28)(H,25,29)(H,26,27)/b6-5+/t16-/m1/s1. The Labute approximate surface area is 189 Å². The van der Waals surface area contributed by atoms with Crippen molar-refractivity contribution in [2.24, 2.45) is 0 Å². The van der Waals surface area contributed by atoms with Crippen molar-refractivity contribution in [1.29, 1.82) is 0 Å². The second kappa shape index (κ2) is 9.59. The van der Waals surface area contributed by atoms with Crippen LogP contribution in [0, 0.1) is 0 Å². The molecule has 0 spiro atoms. The Hall–Kier alpha value is -3.44. The number of carboxylic acid groups (broad SMARTS) is 1. The number of carboxylic acids is 1. The maximum atomic E-state index is 12.7. The number of carbonyl (C=O) groups is 3. The van der Waals surface area contributed by atoms with Gasteiger partial charge in [-0.2, -0.15) is 0 Å². The maximum Gasteiger partial charge on any atom is 0.491 e. The first-order valence-corrected chi connectivity index (χ1v) is 10.2. The van der Waals surface area contributed by atoms with Gasteiger partial charge in [-0.05, 0) is 46.3 Å². The lowest BCUT2D eigenvalue weighted by molar-refractivity contribution is -0.131. The summed E-state index contributed by atoms with van der Waals surface area (Å²) in [6.45, 7) is 0.430. The Balaban J connectivity index is 1.44. The van der Waals surface area contributed by atoms with Crippen molar-refractivity contribution in [3.8, 4) is 0 Å². The monoisotopic (exact) mass is 450 g/mol. The summed E-state index contributed by atoms with van der Waals surface area (Å²) in [7, 11) is -2.19. The molecule has 0 radical (unpaired) electrons. The van der Waals surface area contributed by atoms with E-state index in [2.05, 4.69) is 10.6 Å². The van der Waals surface area contributed by atoms with E-state index >= 15 is 0 Å². The summed E-state index contributed by atoms with van der Waals surface area (Å²) in [4.78, 5) is 36.3. The highest BCUT2D eigenvalue weighted by Crippen LogP contribution is 2.13. The molecule has 4 rings (SSSR count). The molecule has 12 heteroatoms. The number of aliphatic carboxylic acids is 1. The number of hydrogen-bond acceptors (Lipinski definition) is 7. The van der Waals surface area contributed by atoms with Gasteiger partial charge >= 0.3 is 20.2 Å². The number of nitrogens with one attached hydrogen (secondary N) is 2. The first-order chi connectivity index (χ1) is 15.8. The third-order valence-corrected chi connectivity index (χ3v) is 5.41. The van der Waals surface area contributed by atoms with Gasteiger partial charge in [0.15, 0.2) is 0 Å². The van der Waals surface area contributed by atoms with Crippen molar-refractivity contribution < 1.29 is 38.8 Å². The molecule has 2 aromatic carbocycles. The van der Waals surface area contributed by atoms with E-state index in [1.807, 2.05) is 0 Å². The summed E-state index contributed by atoms with van der Waals surface area (Å²) in [5.74, 6) is -2.17. The zero-order valence-electron chi connectivity index (χ0n) is 17.4. The van der Waals surface area contributed by atoms with E-state index in [0.29, 0.717) is 16.5 Å². The fourth-order valence-corrected chi connectivity index (χ4v) is 3.63. The Kier molecular flexibility index (Phi) is 6.61. The molecule has 0 saturated carbocycles. The molecule has 0 fully saturated rings. The van der Waals surface area contributed by atoms with E-state index in [9.17, 15) is 24.4 Å². The lowest BCUT2D eigenvalue weighted by Gasteiger charge is -2.17. The minimum absolute atomic E-state index is 0.0822. The molecule has 0 aliphatic carbocycles. The van der Waals surface area contributed by atoms with Crippen LogP contribution in [0.3, 0.4) is 0 Å². The van der Waals surface area contributed by atoms with Gasteiger partial charge in [-0.1, -0.05) is 18.2 Å². The first kappa shape index (κ1) is 22.7. The highest BCUT2D eigenvalue weighted by Gasteiger charge is 2.29. The third-order valence-electron chi connectivity index (χ3n) is 5.41. The zero-order valence-corrected chi connectivity index (χ0v) is 17.4. The molecule has 5 N–H and O–H groups in total. The molecule has 168 valence electrons. The highest BCUT2D eigenvalue weighted by molar-refractivity contribution is 6.62. The molecule has 1 atom stereocenters. The predicted molar refractivity (Wildman–Crippen MR) is 118 cm³/mol. The van der Waals surface area contributed by atoms with Gasteiger partial charge in [-0.3, -0.25) is 9.59 Å². The van der Waals surface area contributed by atoms with Crippen molar-refractivity contribution in [2.75, 3.05) is 6.54 Å². The summed E-state index contributed by atoms with van der Waals surface area (Å²) in [5.41, 5.74) is 3.12. The molecular formula is C21H20B2N2O8. The lowest BCUT2D eigenvalue weighted by Crippen LogP contribution is -2.43. The van der Waals surface area contributed by atoms with Gasteiger partial charge in [0, 0.05) is 23.7 Å². The van der Waals surface area contributed by atoms with E-state index in [-0.39, 0.29) is 25.3 Å². The third kappa shape index (κ3) is 5.15. The molecule has 2 amide bonds. The average molecular weight is 450 g/mol. The normalized spacial score (nSPS) is 15.3. The SMILES string of the molecule is O=C(O)/C=C/[C@H](CNC(=O)c1ccc2c(c1)B(O)OC2)NC(=O)c1ccc2c(c1)B(O)OC2. The summed E-state index contributed by atoms with van der Waals surface area (Å²) in [6.07, 6.45) is 2.13. The van der Waals surface area contributed by atoms with Crippen LogP contribution in [0.1, 0.15) is 31.8 Å². The molecule has 2 heterocycles.